The third-order valence-corrected chi connectivity index (χ3v) is 1.41. The van der Waals surface area contributed by atoms with Gasteiger partial charge in [-0.3, -0.25) is 9.89 Å². The SMILES string of the molecule is CC(C)(C)OCC(=O)Nc1ccn[nH]1. The second-order valence-electron chi connectivity index (χ2n) is 3.92. The van der Waals surface area contributed by atoms with Crippen molar-refractivity contribution in [3.05, 3.63) is 12.3 Å². The summed E-state index contributed by atoms with van der Waals surface area (Å²) in [5.74, 6) is 0.386. The van der Waals surface area contributed by atoms with E-state index in [4.69, 9.17) is 4.74 Å². The minimum atomic E-state index is -0.300. The Hall–Kier alpha value is -1.36. The van der Waals surface area contributed by atoms with Gasteiger partial charge in [0.05, 0.1) is 11.8 Å². The lowest BCUT2D eigenvalue weighted by Gasteiger charge is -2.18. The summed E-state index contributed by atoms with van der Waals surface area (Å²) >= 11 is 0. The summed E-state index contributed by atoms with van der Waals surface area (Å²) in [5.41, 5.74) is -0.300. The van der Waals surface area contributed by atoms with Gasteiger partial charge in [-0.1, -0.05) is 0 Å². The Morgan fingerprint density at radius 1 is 1.64 bits per heavy atom. The molecule has 0 aliphatic heterocycles. The molecule has 1 amide bonds. The predicted molar refractivity (Wildman–Crippen MR) is 52.9 cm³/mol. The molecule has 0 atom stereocenters. The summed E-state index contributed by atoms with van der Waals surface area (Å²) < 4.78 is 5.29. The van der Waals surface area contributed by atoms with Crippen LogP contribution >= 0.6 is 0 Å². The zero-order chi connectivity index (χ0) is 10.6. The summed E-state index contributed by atoms with van der Waals surface area (Å²) in [6.07, 6.45) is 1.57. The Bertz CT molecular complexity index is 288. The monoisotopic (exact) mass is 197 g/mol. The van der Waals surface area contributed by atoms with E-state index in [-0.39, 0.29) is 18.1 Å². The molecule has 0 saturated carbocycles. The van der Waals surface area contributed by atoms with Gasteiger partial charge in [0.25, 0.3) is 5.91 Å². The highest BCUT2D eigenvalue weighted by atomic mass is 16.5. The molecule has 0 aliphatic carbocycles. The van der Waals surface area contributed by atoms with Gasteiger partial charge in [-0.15, -0.1) is 0 Å². The van der Waals surface area contributed by atoms with Crippen molar-refractivity contribution in [3.63, 3.8) is 0 Å². The van der Waals surface area contributed by atoms with Gasteiger partial charge in [0.1, 0.15) is 12.4 Å². The molecule has 1 aromatic heterocycles. The van der Waals surface area contributed by atoms with E-state index in [1.54, 1.807) is 12.3 Å². The molecule has 0 saturated heterocycles. The fraction of sp³-hybridized carbons (Fsp3) is 0.556. The fourth-order valence-corrected chi connectivity index (χ4v) is 0.794. The number of nitrogens with zero attached hydrogens (tertiary/aromatic N) is 1. The largest absolute Gasteiger partial charge is 0.366 e. The van der Waals surface area contributed by atoms with Gasteiger partial charge in [0.15, 0.2) is 0 Å². The number of hydrogen-bond acceptors (Lipinski definition) is 3. The molecule has 0 unspecified atom stereocenters. The quantitative estimate of drug-likeness (QED) is 0.764. The van der Waals surface area contributed by atoms with E-state index in [1.807, 2.05) is 20.8 Å². The Morgan fingerprint density at radius 2 is 2.36 bits per heavy atom. The van der Waals surface area contributed by atoms with Gasteiger partial charge >= 0.3 is 0 Å². The highest BCUT2D eigenvalue weighted by molar-refractivity contribution is 5.90. The Balaban J connectivity index is 2.30. The number of anilines is 1. The second kappa shape index (κ2) is 4.23. The van der Waals surface area contributed by atoms with Crippen molar-refractivity contribution in [3.8, 4) is 0 Å². The summed E-state index contributed by atoms with van der Waals surface area (Å²) in [6, 6.07) is 1.68. The third kappa shape index (κ3) is 4.04. The van der Waals surface area contributed by atoms with Crippen molar-refractivity contribution < 1.29 is 9.53 Å². The normalized spacial score (nSPS) is 11.4. The zero-order valence-electron chi connectivity index (χ0n) is 8.63. The first-order valence-electron chi connectivity index (χ1n) is 4.40. The molecular weight excluding hydrogens is 182 g/mol. The van der Waals surface area contributed by atoms with Gasteiger partial charge in [-0.05, 0) is 20.8 Å². The maximum atomic E-state index is 11.3. The Labute approximate surface area is 82.8 Å². The first kappa shape index (κ1) is 10.7. The smallest absolute Gasteiger partial charge is 0.251 e. The third-order valence-electron chi connectivity index (χ3n) is 1.41. The molecule has 0 spiro atoms. The number of aromatic nitrogens is 2. The molecule has 5 heteroatoms. The maximum Gasteiger partial charge on any atom is 0.251 e. The lowest BCUT2D eigenvalue weighted by Crippen LogP contribution is -2.27. The van der Waals surface area contributed by atoms with Crippen LogP contribution < -0.4 is 5.32 Å². The van der Waals surface area contributed by atoms with Crippen molar-refractivity contribution in [1.82, 2.24) is 10.2 Å². The van der Waals surface area contributed by atoms with E-state index < -0.39 is 0 Å². The summed E-state index contributed by atoms with van der Waals surface area (Å²) in [4.78, 5) is 11.3. The standard InChI is InChI=1S/C9H15N3O2/c1-9(2,3)14-6-8(13)11-7-4-5-10-12-7/h4-5H,6H2,1-3H3,(H2,10,11,12,13). The number of nitrogens with one attached hydrogen (secondary N) is 2. The molecule has 78 valence electrons. The molecule has 1 heterocycles. The van der Waals surface area contributed by atoms with E-state index in [1.165, 1.54) is 0 Å². The zero-order valence-corrected chi connectivity index (χ0v) is 8.63. The fourth-order valence-electron chi connectivity index (χ4n) is 0.794. The summed E-state index contributed by atoms with van der Waals surface area (Å²) in [6.45, 7) is 5.74. The first-order chi connectivity index (χ1) is 6.47. The molecule has 1 rings (SSSR count). The van der Waals surface area contributed by atoms with E-state index in [9.17, 15) is 4.79 Å². The van der Waals surface area contributed by atoms with Crippen LogP contribution in [0.1, 0.15) is 20.8 Å². The van der Waals surface area contributed by atoms with Crippen molar-refractivity contribution in [1.29, 1.82) is 0 Å². The second-order valence-corrected chi connectivity index (χ2v) is 3.92. The van der Waals surface area contributed by atoms with Crippen LogP contribution in [0.2, 0.25) is 0 Å². The molecule has 0 radical (unpaired) electrons. The Morgan fingerprint density at radius 3 is 2.86 bits per heavy atom. The number of amides is 1. The van der Waals surface area contributed by atoms with Crippen molar-refractivity contribution in [2.75, 3.05) is 11.9 Å². The van der Waals surface area contributed by atoms with Crippen LogP contribution in [0.4, 0.5) is 5.82 Å². The lowest BCUT2D eigenvalue weighted by molar-refractivity contribution is -0.125. The number of H-pyrrole nitrogens is 1. The van der Waals surface area contributed by atoms with Crippen LogP contribution in [0.15, 0.2) is 12.3 Å². The minimum absolute atomic E-state index is 0.0442. The molecule has 1 aromatic rings. The van der Waals surface area contributed by atoms with E-state index >= 15 is 0 Å². The molecular formula is C9H15N3O2. The van der Waals surface area contributed by atoms with Gasteiger partial charge in [0.2, 0.25) is 0 Å². The number of aromatic amines is 1. The van der Waals surface area contributed by atoms with Crippen LogP contribution in [0.25, 0.3) is 0 Å². The Kier molecular flexibility index (Phi) is 3.24. The van der Waals surface area contributed by atoms with E-state index in [2.05, 4.69) is 15.5 Å². The highest BCUT2D eigenvalue weighted by Gasteiger charge is 2.12. The van der Waals surface area contributed by atoms with Gasteiger partial charge in [-0.2, -0.15) is 5.10 Å². The molecule has 14 heavy (non-hydrogen) atoms. The number of carbonyl (C=O) groups excluding carboxylic acids is 1. The van der Waals surface area contributed by atoms with Crippen LogP contribution in [0.5, 0.6) is 0 Å². The van der Waals surface area contributed by atoms with Crippen LogP contribution in [-0.2, 0) is 9.53 Å². The topological polar surface area (TPSA) is 67.0 Å². The number of carbonyl (C=O) groups is 1. The van der Waals surface area contributed by atoms with Crippen molar-refractivity contribution >= 4 is 11.7 Å². The maximum absolute atomic E-state index is 11.3. The molecule has 0 fully saturated rings. The van der Waals surface area contributed by atoms with E-state index in [0.29, 0.717) is 5.82 Å². The molecule has 2 N–H and O–H groups in total. The van der Waals surface area contributed by atoms with Gasteiger partial charge in [0, 0.05) is 6.07 Å². The first-order valence-corrected chi connectivity index (χ1v) is 4.40. The van der Waals surface area contributed by atoms with Crippen LogP contribution in [0.3, 0.4) is 0 Å². The van der Waals surface area contributed by atoms with Crippen molar-refractivity contribution in [2.45, 2.75) is 26.4 Å². The average Bonchev–Trinajstić information content (AvgIpc) is 2.52. The number of ether oxygens (including phenoxy) is 1. The van der Waals surface area contributed by atoms with E-state index in [0.717, 1.165) is 0 Å². The average molecular weight is 197 g/mol. The van der Waals surface area contributed by atoms with Gasteiger partial charge in [-0.25, -0.2) is 0 Å². The lowest BCUT2D eigenvalue weighted by atomic mass is 10.2. The summed E-state index contributed by atoms with van der Waals surface area (Å²) in [7, 11) is 0. The van der Waals surface area contributed by atoms with Crippen LogP contribution in [-0.4, -0.2) is 28.3 Å². The van der Waals surface area contributed by atoms with Crippen molar-refractivity contribution in [2.24, 2.45) is 0 Å². The van der Waals surface area contributed by atoms with Gasteiger partial charge < -0.3 is 10.1 Å². The number of rotatable bonds is 3. The molecule has 0 aromatic carbocycles. The van der Waals surface area contributed by atoms with Crippen LogP contribution in [0, 0.1) is 0 Å². The molecule has 0 bridgehead atoms. The number of hydrogen-bond donors (Lipinski definition) is 2. The minimum Gasteiger partial charge on any atom is -0.366 e. The highest BCUT2D eigenvalue weighted by Crippen LogP contribution is 2.06. The summed E-state index contributed by atoms with van der Waals surface area (Å²) in [5, 5.41) is 8.94. The molecule has 5 nitrogen and oxygen atoms in total. The molecule has 0 aliphatic rings. The predicted octanol–water partition coefficient (Wildman–Crippen LogP) is 1.16.